The summed E-state index contributed by atoms with van der Waals surface area (Å²) in [5.41, 5.74) is 6.53. The van der Waals surface area contributed by atoms with Crippen molar-refractivity contribution in [3.63, 3.8) is 0 Å². The van der Waals surface area contributed by atoms with Crippen LogP contribution >= 0.6 is 24.0 Å². The number of halogens is 3. The fourth-order valence-electron chi connectivity index (χ4n) is 1.50. The Kier molecular flexibility index (Phi) is 10.8. The van der Waals surface area contributed by atoms with Gasteiger partial charge in [-0.25, -0.2) is 18.8 Å². The highest BCUT2D eigenvalue weighted by atomic mass is 127. The Hall–Kier alpha value is -1.19. The van der Waals surface area contributed by atoms with Crippen LogP contribution in [0.25, 0.3) is 0 Å². The van der Waals surface area contributed by atoms with Crippen molar-refractivity contribution in [1.29, 1.82) is 0 Å². The van der Waals surface area contributed by atoms with Gasteiger partial charge >= 0.3 is 0 Å². The largest absolute Gasteiger partial charge is 0.472 e. The minimum Gasteiger partial charge on any atom is -0.472 e. The van der Waals surface area contributed by atoms with Crippen LogP contribution < -0.4 is 15.8 Å². The second-order valence-electron chi connectivity index (χ2n) is 5.02. The molecule has 0 saturated heterocycles. The first-order valence-corrected chi connectivity index (χ1v) is 6.87. The molecule has 0 aliphatic rings. The van der Waals surface area contributed by atoms with E-state index in [-0.39, 0.29) is 29.9 Å². The second kappa shape index (κ2) is 11.4. The average Bonchev–Trinajstić information content (AvgIpc) is 2.43. The van der Waals surface area contributed by atoms with E-state index < -0.39 is 13.0 Å². The Morgan fingerprint density at radius 3 is 2.82 bits per heavy atom. The van der Waals surface area contributed by atoms with Crippen LogP contribution in [-0.2, 0) is 6.54 Å². The Morgan fingerprint density at radius 1 is 1.45 bits per heavy atom. The lowest BCUT2D eigenvalue weighted by atomic mass is 10.1. The standard InChI is InChI=1S/C14H22F2N4O.HI/c1-10(2)3-5-19-14(17)20-8-11-4-6-18-13(7-11)21-9-12(15)16;/h4,6-7,10,12H,3,5,8-9H2,1-2H3,(H3,17,19,20);1H. The smallest absolute Gasteiger partial charge is 0.272 e. The molecule has 5 nitrogen and oxygen atoms in total. The van der Waals surface area contributed by atoms with Crippen molar-refractivity contribution in [1.82, 2.24) is 10.3 Å². The monoisotopic (exact) mass is 428 g/mol. The van der Waals surface area contributed by atoms with E-state index in [9.17, 15) is 8.78 Å². The zero-order valence-corrected chi connectivity index (χ0v) is 15.1. The summed E-state index contributed by atoms with van der Waals surface area (Å²) in [4.78, 5) is 8.04. The molecule has 0 aromatic carbocycles. The van der Waals surface area contributed by atoms with Gasteiger partial charge in [0.1, 0.15) is 0 Å². The normalized spacial score (nSPS) is 11.5. The summed E-state index contributed by atoms with van der Waals surface area (Å²) in [7, 11) is 0. The third-order valence-corrected chi connectivity index (χ3v) is 2.62. The number of nitrogens with zero attached hydrogens (tertiary/aromatic N) is 2. The van der Waals surface area contributed by atoms with Crippen molar-refractivity contribution in [3.05, 3.63) is 23.9 Å². The first-order valence-electron chi connectivity index (χ1n) is 6.87. The Bertz CT molecular complexity index is 458. The molecule has 0 amide bonds. The van der Waals surface area contributed by atoms with Gasteiger partial charge in [-0.3, -0.25) is 0 Å². The molecule has 0 spiro atoms. The molecule has 0 saturated carbocycles. The van der Waals surface area contributed by atoms with Gasteiger partial charge in [0.15, 0.2) is 12.6 Å². The molecular weight excluding hydrogens is 405 g/mol. The summed E-state index contributed by atoms with van der Waals surface area (Å²) in [6.07, 6.45) is -0.0141. The van der Waals surface area contributed by atoms with Gasteiger partial charge in [-0.05, 0) is 24.0 Å². The van der Waals surface area contributed by atoms with Gasteiger partial charge in [0, 0.05) is 18.8 Å². The topological polar surface area (TPSA) is 72.5 Å². The van der Waals surface area contributed by atoms with Crippen LogP contribution in [0.2, 0.25) is 0 Å². The summed E-state index contributed by atoms with van der Waals surface area (Å²) in [5.74, 6) is 1.12. The molecule has 0 atom stereocenters. The number of hydrogen-bond donors (Lipinski definition) is 2. The van der Waals surface area contributed by atoms with Crippen molar-refractivity contribution in [2.75, 3.05) is 13.2 Å². The zero-order valence-electron chi connectivity index (χ0n) is 12.8. The third-order valence-electron chi connectivity index (χ3n) is 2.62. The van der Waals surface area contributed by atoms with Crippen LogP contribution in [0.4, 0.5) is 8.78 Å². The predicted molar refractivity (Wildman–Crippen MR) is 93.9 cm³/mol. The minimum atomic E-state index is -2.52. The first-order chi connectivity index (χ1) is 9.97. The van der Waals surface area contributed by atoms with Gasteiger partial charge in [-0.2, -0.15) is 0 Å². The molecule has 1 aromatic rings. The highest BCUT2D eigenvalue weighted by Gasteiger charge is 2.05. The van der Waals surface area contributed by atoms with E-state index in [1.165, 1.54) is 6.20 Å². The van der Waals surface area contributed by atoms with Crippen molar-refractivity contribution < 1.29 is 13.5 Å². The van der Waals surface area contributed by atoms with E-state index in [2.05, 4.69) is 29.1 Å². The van der Waals surface area contributed by atoms with Crippen LogP contribution in [0, 0.1) is 5.92 Å². The van der Waals surface area contributed by atoms with E-state index >= 15 is 0 Å². The maximum absolute atomic E-state index is 12.1. The molecule has 0 unspecified atom stereocenters. The zero-order chi connectivity index (χ0) is 15.7. The highest BCUT2D eigenvalue weighted by molar-refractivity contribution is 14.0. The number of pyridine rings is 1. The number of guanidine groups is 1. The lowest BCUT2D eigenvalue weighted by Gasteiger charge is -2.08. The summed E-state index contributed by atoms with van der Waals surface area (Å²) >= 11 is 0. The summed E-state index contributed by atoms with van der Waals surface area (Å²) < 4.78 is 29.0. The van der Waals surface area contributed by atoms with Gasteiger partial charge in [0.2, 0.25) is 5.88 Å². The molecular formula is C14H23F2IN4O. The molecule has 1 aromatic heterocycles. The van der Waals surface area contributed by atoms with Crippen LogP contribution in [0.1, 0.15) is 25.8 Å². The first kappa shape index (κ1) is 20.8. The maximum Gasteiger partial charge on any atom is 0.272 e. The SMILES string of the molecule is CC(C)CCNC(N)=NCc1ccnc(OCC(F)F)c1.I. The number of alkyl halides is 2. The quantitative estimate of drug-likeness (QED) is 0.380. The van der Waals surface area contributed by atoms with Gasteiger partial charge < -0.3 is 15.8 Å². The van der Waals surface area contributed by atoms with Gasteiger partial charge in [-0.1, -0.05) is 13.8 Å². The number of ether oxygens (including phenoxy) is 1. The van der Waals surface area contributed by atoms with Crippen molar-refractivity contribution in [2.45, 2.75) is 33.2 Å². The van der Waals surface area contributed by atoms with Gasteiger partial charge in [-0.15, -0.1) is 24.0 Å². The number of rotatable bonds is 8. The lowest BCUT2D eigenvalue weighted by molar-refractivity contribution is 0.0795. The van der Waals surface area contributed by atoms with Crippen molar-refractivity contribution in [2.24, 2.45) is 16.6 Å². The van der Waals surface area contributed by atoms with E-state index in [0.717, 1.165) is 18.5 Å². The second-order valence-corrected chi connectivity index (χ2v) is 5.02. The molecule has 3 N–H and O–H groups in total. The summed E-state index contributed by atoms with van der Waals surface area (Å²) in [5, 5.41) is 3.02. The number of nitrogens with one attached hydrogen (secondary N) is 1. The van der Waals surface area contributed by atoms with E-state index in [1.54, 1.807) is 12.1 Å². The van der Waals surface area contributed by atoms with E-state index in [1.807, 2.05) is 0 Å². The molecule has 1 rings (SSSR count). The third kappa shape index (κ3) is 9.69. The molecule has 22 heavy (non-hydrogen) atoms. The Morgan fingerprint density at radius 2 is 2.18 bits per heavy atom. The Labute approximate surface area is 146 Å². The molecule has 0 radical (unpaired) electrons. The molecule has 1 heterocycles. The summed E-state index contributed by atoms with van der Waals surface area (Å²) in [6, 6.07) is 3.31. The fraction of sp³-hybridized carbons (Fsp3) is 0.571. The summed E-state index contributed by atoms with van der Waals surface area (Å²) in [6.45, 7) is 4.71. The molecule has 8 heteroatoms. The van der Waals surface area contributed by atoms with Crippen molar-refractivity contribution in [3.8, 4) is 5.88 Å². The Balaban J connectivity index is 0.00000441. The number of hydrogen-bond acceptors (Lipinski definition) is 3. The molecule has 0 aliphatic heterocycles. The lowest BCUT2D eigenvalue weighted by Crippen LogP contribution is -2.32. The minimum absolute atomic E-state index is 0. The van der Waals surface area contributed by atoms with Crippen LogP contribution in [0.15, 0.2) is 23.3 Å². The maximum atomic E-state index is 12.1. The molecule has 0 fully saturated rings. The van der Waals surface area contributed by atoms with E-state index in [4.69, 9.17) is 10.5 Å². The molecule has 0 bridgehead atoms. The van der Waals surface area contributed by atoms with E-state index in [0.29, 0.717) is 18.4 Å². The number of aromatic nitrogens is 1. The van der Waals surface area contributed by atoms with Crippen molar-refractivity contribution >= 4 is 29.9 Å². The van der Waals surface area contributed by atoms with Crippen LogP contribution in [-0.4, -0.2) is 30.5 Å². The molecule has 126 valence electrons. The predicted octanol–water partition coefficient (Wildman–Crippen LogP) is 2.79. The fourth-order valence-corrected chi connectivity index (χ4v) is 1.50. The highest BCUT2D eigenvalue weighted by Crippen LogP contribution is 2.11. The number of aliphatic imine (C=N–C) groups is 1. The van der Waals surface area contributed by atoms with Crippen LogP contribution in [0.5, 0.6) is 5.88 Å². The number of nitrogens with two attached hydrogens (primary N) is 1. The van der Waals surface area contributed by atoms with Gasteiger partial charge in [0.25, 0.3) is 6.43 Å². The molecule has 0 aliphatic carbocycles. The van der Waals surface area contributed by atoms with Crippen LogP contribution in [0.3, 0.4) is 0 Å². The van der Waals surface area contributed by atoms with Gasteiger partial charge in [0.05, 0.1) is 6.54 Å². The average molecular weight is 428 g/mol.